The molecule has 0 spiro atoms. The van der Waals surface area contributed by atoms with Gasteiger partial charge in [-0.25, -0.2) is 4.79 Å². The maximum absolute atomic E-state index is 12.0. The molecule has 0 bridgehead atoms. The molecule has 102 valence electrons. The van der Waals surface area contributed by atoms with Gasteiger partial charge in [0, 0.05) is 11.9 Å². The van der Waals surface area contributed by atoms with Gasteiger partial charge in [0.1, 0.15) is 5.76 Å². The molecular weight excluding hydrogens is 284 g/mol. The van der Waals surface area contributed by atoms with Gasteiger partial charge < -0.3 is 14.6 Å². The van der Waals surface area contributed by atoms with Crippen molar-refractivity contribution in [2.24, 2.45) is 0 Å². The molecular formula is C13H15ClN2O2S. The third kappa shape index (κ3) is 3.75. The van der Waals surface area contributed by atoms with Crippen molar-refractivity contribution >= 4 is 29.0 Å². The highest BCUT2D eigenvalue weighted by molar-refractivity contribution is 7.16. The number of rotatable bonds is 4. The van der Waals surface area contributed by atoms with E-state index in [4.69, 9.17) is 16.0 Å². The van der Waals surface area contributed by atoms with E-state index in [-0.39, 0.29) is 12.1 Å². The van der Waals surface area contributed by atoms with E-state index in [1.807, 2.05) is 25.1 Å². The fourth-order valence-electron chi connectivity index (χ4n) is 1.64. The first kappa shape index (κ1) is 14.0. The molecule has 19 heavy (non-hydrogen) atoms. The minimum Gasteiger partial charge on any atom is -0.467 e. The Balaban J connectivity index is 1.89. The van der Waals surface area contributed by atoms with Crippen LogP contribution in [0.5, 0.6) is 0 Å². The van der Waals surface area contributed by atoms with Gasteiger partial charge in [-0.3, -0.25) is 0 Å². The zero-order valence-corrected chi connectivity index (χ0v) is 12.3. The molecule has 6 heteroatoms. The molecule has 1 unspecified atom stereocenters. The van der Waals surface area contributed by atoms with Crippen molar-refractivity contribution in [2.45, 2.75) is 19.5 Å². The van der Waals surface area contributed by atoms with Crippen LogP contribution in [-0.4, -0.2) is 18.0 Å². The van der Waals surface area contributed by atoms with Gasteiger partial charge >= 0.3 is 6.03 Å². The molecule has 0 aromatic carbocycles. The summed E-state index contributed by atoms with van der Waals surface area (Å²) < 4.78 is 5.93. The number of nitrogens with one attached hydrogen (secondary N) is 1. The molecule has 2 aromatic heterocycles. The van der Waals surface area contributed by atoms with Crippen molar-refractivity contribution in [1.29, 1.82) is 0 Å². The number of amides is 2. The summed E-state index contributed by atoms with van der Waals surface area (Å²) in [5.41, 5.74) is 0. The smallest absolute Gasteiger partial charge is 0.318 e. The predicted molar refractivity (Wildman–Crippen MR) is 76.5 cm³/mol. The zero-order valence-electron chi connectivity index (χ0n) is 10.7. The van der Waals surface area contributed by atoms with E-state index in [0.717, 1.165) is 15.0 Å². The number of halogens is 1. The Hall–Kier alpha value is -1.46. The Kier molecular flexibility index (Phi) is 4.50. The number of furan rings is 1. The summed E-state index contributed by atoms with van der Waals surface area (Å²) in [5, 5.41) is 2.92. The SMILES string of the molecule is CC(NC(=O)N(C)Cc1ccco1)c1ccc(Cl)s1. The summed E-state index contributed by atoms with van der Waals surface area (Å²) >= 11 is 7.35. The van der Waals surface area contributed by atoms with Crippen LogP contribution in [0.15, 0.2) is 34.9 Å². The number of carbonyl (C=O) groups is 1. The van der Waals surface area contributed by atoms with Crippen LogP contribution in [0.25, 0.3) is 0 Å². The third-order valence-electron chi connectivity index (χ3n) is 2.68. The van der Waals surface area contributed by atoms with Gasteiger partial charge in [-0.05, 0) is 31.2 Å². The summed E-state index contributed by atoms with van der Waals surface area (Å²) in [5.74, 6) is 0.754. The van der Waals surface area contributed by atoms with Gasteiger partial charge in [0.25, 0.3) is 0 Å². The van der Waals surface area contributed by atoms with Crippen molar-refractivity contribution in [1.82, 2.24) is 10.2 Å². The second-order valence-electron chi connectivity index (χ2n) is 4.25. The molecule has 2 amide bonds. The number of hydrogen-bond donors (Lipinski definition) is 1. The molecule has 2 rings (SSSR count). The van der Waals surface area contributed by atoms with E-state index in [2.05, 4.69) is 5.32 Å². The molecule has 0 saturated heterocycles. The predicted octanol–water partition coefficient (Wildman–Crippen LogP) is 3.90. The highest BCUT2D eigenvalue weighted by Crippen LogP contribution is 2.26. The number of hydrogen-bond acceptors (Lipinski definition) is 3. The van der Waals surface area contributed by atoms with Crippen molar-refractivity contribution in [3.8, 4) is 0 Å². The Labute approximate surface area is 121 Å². The van der Waals surface area contributed by atoms with Crippen molar-refractivity contribution in [3.05, 3.63) is 45.5 Å². The molecule has 1 atom stereocenters. The highest BCUT2D eigenvalue weighted by atomic mass is 35.5. The highest BCUT2D eigenvalue weighted by Gasteiger charge is 2.15. The normalized spacial score (nSPS) is 12.2. The molecule has 0 fully saturated rings. The van der Waals surface area contributed by atoms with Crippen LogP contribution in [0.4, 0.5) is 4.79 Å². The second kappa shape index (κ2) is 6.12. The number of nitrogens with zero attached hydrogens (tertiary/aromatic N) is 1. The molecule has 0 aliphatic rings. The van der Waals surface area contributed by atoms with Crippen LogP contribution in [0.3, 0.4) is 0 Å². The minimum absolute atomic E-state index is 0.0657. The van der Waals surface area contributed by atoms with Gasteiger partial charge in [0.2, 0.25) is 0 Å². The van der Waals surface area contributed by atoms with Crippen LogP contribution in [0, 0.1) is 0 Å². The number of urea groups is 1. The molecule has 2 heterocycles. The summed E-state index contributed by atoms with van der Waals surface area (Å²) in [4.78, 5) is 14.6. The van der Waals surface area contributed by atoms with Crippen molar-refractivity contribution in [3.63, 3.8) is 0 Å². The summed E-state index contributed by atoms with van der Waals surface area (Å²) in [7, 11) is 1.73. The van der Waals surface area contributed by atoms with Crippen LogP contribution in [0.1, 0.15) is 23.6 Å². The van der Waals surface area contributed by atoms with E-state index >= 15 is 0 Å². The molecule has 0 aliphatic carbocycles. The second-order valence-corrected chi connectivity index (χ2v) is 6.00. The lowest BCUT2D eigenvalue weighted by molar-refractivity contribution is 0.200. The topological polar surface area (TPSA) is 45.5 Å². The fourth-order valence-corrected chi connectivity index (χ4v) is 2.70. The summed E-state index contributed by atoms with van der Waals surface area (Å²) in [6.45, 7) is 2.37. The van der Waals surface area contributed by atoms with Crippen LogP contribution in [-0.2, 0) is 6.54 Å². The average Bonchev–Trinajstić information content (AvgIpc) is 3.00. The van der Waals surface area contributed by atoms with Gasteiger partial charge in [0.15, 0.2) is 0 Å². The summed E-state index contributed by atoms with van der Waals surface area (Å²) in [6, 6.07) is 7.18. The molecule has 0 aliphatic heterocycles. The molecule has 0 saturated carbocycles. The van der Waals surface area contributed by atoms with E-state index < -0.39 is 0 Å². The molecule has 1 N–H and O–H groups in total. The largest absolute Gasteiger partial charge is 0.467 e. The Bertz CT molecular complexity index is 539. The number of thiophene rings is 1. The van der Waals surface area contributed by atoms with Gasteiger partial charge in [-0.1, -0.05) is 11.6 Å². The van der Waals surface area contributed by atoms with Crippen molar-refractivity contribution in [2.75, 3.05) is 7.05 Å². The van der Waals surface area contributed by atoms with Crippen LogP contribution < -0.4 is 5.32 Å². The van der Waals surface area contributed by atoms with E-state index in [1.54, 1.807) is 24.3 Å². The summed E-state index contributed by atoms with van der Waals surface area (Å²) in [6.07, 6.45) is 1.59. The van der Waals surface area contributed by atoms with Crippen LogP contribution >= 0.6 is 22.9 Å². The lowest BCUT2D eigenvalue weighted by Gasteiger charge is -2.19. The minimum atomic E-state index is -0.145. The van der Waals surface area contributed by atoms with E-state index in [0.29, 0.717) is 6.54 Å². The average molecular weight is 299 g/mol. The van der Waals surface area contributed by atoms with Crippen LogP contribution in [0.2, 0.25) is 4.34 Å². The maximum Gasteiger partial charge on any atom is 0.318 e. The number of carbonyl (C=O) groups excluding carboxylic acids is 1. The van der Waals surface area contributed by atoms with Gasteiger partial charge in [0.05, 0.1) is 23.2 Å². The third-order valence-corrected chi connectivity index (χ3v) is 4.09. The van der Waals surface area contributed by atoms with Gasteiger partial charge in [-0.15, -0.1) is 11.3 Å². The van der Waals surface area contributed by atoms with E-state index in [9.17, 15) is 4.79 Å². The first-order valence-corrected chi connectivity index (χ1v) is 7.05. The zero-order chi connectivity index (χ0) is 13.8. The fraction of sp³-hybridized carbons (Fsp3) is 0.308. The Morgan fingerprint density at radius 1 is 1.53 bits per heavy atom. The monoisotopic (exact) mass is 298 g/mol. The molecule has 2 aromatic rings. The Morgan fingerprint density at radius 3 is 2.89 bits per heavy atom. The molecule has 4 nitrogen and oxygen atoms in total. The quantitative estimate of drug-likeness (QED) is 0.930. The van der Waals surface area contributed by atoms with Gasteiger partial charge in [-0.2, -0.15) is 0 Å². The standard InChI is InChI=1S/C13H15ClN2O2S/c1-9(11-5-6-12(14)19-11)15-13(17)16(2)8-10-4-3-7-18-10/h3-7,9H,8H2,1-2H3,(H,15,17). The first-order valence-electron chi connectivity index (χ1n) is 5.85. The molecule has 0 radical (unpaired) electrons. The maximum atomic E-state index is 12.0. The first-order chi connectivity index (χ1) is 9.06. The van der Waals surface area contributed by atoms with E-state index in [1.165, 1.54) is 11.3 Å². The lowest BCUT2D eigenvalue weighted by Crippen LogP contribution is -2.37. The van der Waals surface area contributed by atoms with Crippen molar-refractivity contribution < 1.29 is 9.21 Å². The lowest BCUT2D eigenvalue weighted by atomic mass is 10.3. The Morgan fingerprint density at radius 2 is 2.32 bits per heavy atom.